The number of hydrogen-bond acceptors (Lipinski definition) is 1. The molecule has 0 heterocycles. The SMILES string of the molecule is C[C@H](Nc1ccc(-c2ccccc2)cc1)c1cccc2ccccc12. The van der Waals surface area contributed by atoms with E-state index in [4.69, 9.17) is 0 Å². The van der Waals surface area contributed by atoms with Gasteiger partial charge >= 0.3 is 0 Å². The molecule has 0 spiro atoms. The Labute approximate surface area is 149 Å². The molecule has 0 radical (unpaired) electrons. The Morgan fingerprint density at radius 3 is 2.04 bits per heavy atom. The lowest BCUT2D eigenvalue weighted by Gasteiger charge is -2.18. The van der Waals surface area contributed by atoms with Gasteiger partial charge in [-0.1, -0.05) is 84.9 Å². The second-order valence-electron chi connectivity index (χ2n) is 6.38. The fourth-order valence-electron chi connectivity index (χ4n) is 3.35. The highest BCUT2D eigenvalue weighted by molar-refractivity contribution is 5.86. The van der Waals surface area contributed by atoms with Crippen LogP contribution in [-0.2, 0) is 0 Å². The van der Waals surface area contributed by atoms with Gasteiger partial charge < -0.3 is 5.32 Å². The third-order valence-electron chi connectivity index (χ3n) is 4.67. The van der Waals surface area contributed by atoms with Crippen LogP contribution in [0.2, 0.25) is 0 Å². The molecule has 4 aromatic rings. The molecule has 122 valence electrons. The summed E-state index contributed by atoms with van der Waals surface area (Å²) in [6.07, 6.45) is 0. The van der Waals surface area contributed by atoms with Gasteiger partial charge in [0.2, 0.25) is 0 Å². The van der Waals surface area contributed by atoms with Gasteiger partial charge in [0.15, 0.2) is 0 Å². The van der Waals surface area contributed by atoms with Crippen LogP contribution in [0, 0.1) is 0 Å². The molecule has 0 unspecified atom stereocenters. The second kappa shape index (κ2) is 6.82. The van der Waals surface area contributed by atoms with Crippen molar-refractivity contribution >= 4 is 16.5 Å². The summed E-state index contributed by atoms with van der Waals surface area (Å²) in [5, 5.41) is 6.23. The van der Waals surface area contributed by atoms with Crippen LogP contribution in [0.5, 0.6) is 0 Å². The van der Waals surface area contributed by atoms with Gasteiger partial charge in [0.05, 0.1) is 0 Å². The summed E-state index contributed by atoms with van der Waals surface area (Å²) in [5.41, 5.74) is 4.95. The van der Waals surface area contributed by atoms with E-state index < -0.39 is 0 Å². The topological polar surface area (TPSA) is 12.0 Å². The molecule has 1 atom stereocenters. The van der Waals surface area contributed by atoms with Crippen LogP contribution in [0.3, 0.4) is 0 Å². The van der Waals surface area contributed by atoms with Crippen LogP contribution < -0.4 is 5.32 Å². The normalized spacial score (nSPS) is 12.0. The minimum Gasteiger partial charge on any atom is -0.378 e. The number of hydrogen-bond donors (Lipinski definition) is 1. The van der Waals surface area contributed by atoms with Crippen LogP contribution in [0.15, 0.2) is 97.1 Å². The highest BCUT2D eigenvalue weighted by Crippen LogP contribution is 2.28. The van der Waals surface area contributed by atoms with Crippen molar-refractivity contribution < 1.29 is 0 Å². The van der Waals surface area contributed by atoms with Gasteiger partial charge in [0, 0.05) is 11.7 Å². The van der Waals surface area contributed by atoms with E-state index in [1.807, 2.05) is 6.07 Å². The molecule has 0 aromatic heterocycles. The number of nitrogens with one attached hydrogen (secondary N) is 1. The fourth-order valence-corrected chi connectivity index (χ4v) is 3.35. The molecule has 0 aliphatic rings. The van der Waals surface area contributed by atoms with Crippen LogP contribution in [-0.4, -0.2) is 0 Å². The second-order valence-corrected chi connectivity index (χ2v) is 6.38. The first-order chi connectivity index (χ1) is 12.3. The Kier molecular flexibility index (Phi) is 4.22. The van der Waals surface area contributed by atoms with Crippen LogP contribution >= 0.6 is 0 Å². The quantitative estimate of drug-likeness (QED) is 0.441. The molecule has 0 aliphatic heterocycles. The van der Waals surface area contributed by atoms with Crippen LogP contribution in [0.4, 0.5) is 5.69 Å². The fraction of sp³-hybridized carbons (Fsp3) is 0.0833. The van der Waals surface area contributed by atoms with E-state index in [1.54, 1.807) is 0 Å². The maximum atomic E-state index is 3.63. The lowest BCUT2D eigenvalue weighted by Crippen LogP contribution is -2.07. The van der Waals surface area contributed by atoms with Gasteiger partial charge in [-0.05, 0) is 46.5 Å². The predicted molar refractivity (Wildman–Crippen MR) is 108 cm³/mol. The number of anilines is 1. The molecule has 0 saturated heterocycles. The van der Waals surface area contributed by atoms with Crippen LogP contribution in [0.1, 0.15) is 18.5 Å². The Bertz CT molecular complexity index is 966. The third-order valence-corrected chi connectivity index (χ3v) is 4.67. The summed E-state index contributed by atoms with van der Waals surface area (Å²) in [4.78, 5) is 0. The number of benzene rings is 4. The van der Waals surface area contributed by atoms with E-state index in [-0.39, 0.29) is 6.04 Å². The summed E-state index contributed by atoms with van der Waals surface area (Å²) >= 11 is 0. The molecule has 1 heteroatoms. The first-order valence-electron chi connectivity index (χ1n) is 8.71. The predicted octanol–water partition coefficient (Wildman–Crippen LogP) is 6.68. The minimum absolute atomic E-state index is 0.244. The Morgan fingerprint density at radius 1 is 0.600 bits per heavy atom. The van der Waals surface area contributed by atoms with E-state index in [1.165, 1.54) is 27.5 Å². The Morgan fingerprint density at radius 2 is 1.24 bits per heavy atom. The molecule has 1 nitrogen and oxygen atoms in total. The standard InChI is InChI=1S/C24H21N/c1-18(23-13-7-11-21-10-5-6-12-24(21)23)25-22-16-14-20(15-17-22)19-8-3-2-4-9-19/h2-18,25H,1H3/t18-/m0/s1. The molecule has 0 saturated carbocycles. The molecule has 4 aromatic carbocycles. The maximum Gasteiger partial charge on any atom is 0.0491 e. The largest absolute Gasteiger partial charge is 0.378 e. The zero-order valence-corrected chi connectivity index (χ0v) is 14.3. The van der Waals surface area contributed by atoms with Gasteiger partial charge in [-0.3, -0.25) is 0 Å². The Hall–Kier alpha value is -3.06. The average Bonchev–Trinajstić information content (AvgIpc) is 2.69. The lowest BCUT2D eigenvalue weighted by molar-refractivity contribution is 0.895. The van der Waals surface area contributed by atoms with Gasteiger partial charge in [0.1, 0.15) is 0 Å². The van der Waals surface area contributed by atoms with E-state index in [9.17, 15) is 0 Å². The van der Waals surface area contributed by atoms with Crippen molar-refractivity contribution in [1.82, 2.24) is 0 Å². The number of rotatable bonds is 4. The molecule has 0 aliphatic carbocycles. The first-order valence-corrected chi connectivity index (χ1v) is 8.71. The number of fused-ring (bicyclic) bond motifs is 1. The molecule has 0 fully saturated rings. The van der Waals surface area contributed by atoms with E-state index >= 15 is 0 Å². The maximum absolute atomic E-state index is 3.63. The Balaban J connectivity index is 1.57. The van der Waals surface area contributed by atoms with Crippen LogP contribution in [0.25, 0.3) is 21.9 Å². The van der Waals surface area contributed by atoms with E-state index in [2.05, 4.69) is 103 Å². The van der Waals surface area contributed by atoms with Gasteiger partial charge in [-0.2, -0.15) is 0 Å². The van der Waals surface area contributed by atoms with Gasteiger partial charge in [-0.25, -0.2) is 0 Å². The van der Waals surface area contributed by atoms with Crippen molar-refractivity contribution in [2.45, 2.75) is 13.0 Å². The molecule has 1 N–H and O–H groups in total. The summed E-state index contributed by atoms with van der Waals surface area (Å²) in [6, 6.07) is 34.4. The summed E-state index contributed by atoms with van der Waals surface area (Å²) in [7, 11) is 0. The van der Waals surface area contributed by atoms with Gasteiger partial charge in [-0.15, -0.1) is 0 Å². The van der Waals surface area contributed by atoms with E-state index in [0.29, 0.717) is 0 Å². The minimum atomic E-state index is 0.244. The van der Waals surface area contributed by atoms with Crippen molar-refractivity contribution in [2.24, 2.45) is 0 Å². The van der Waals surface area contributed by atoms with Crippen molar-refractivity contribution in [3.8, 4) is 11.1 Å². The van der Waals surface area contributed by atoms with Crippen molar-refractivity contribution in [3.63, 3.8) is 0 Å². The zero-order chi connectivity index (χ0) is 17.1. The van der Waals surface area contributed by atoms with Crippen molar-refractivity contribution in [1.29, 1.82) is 0 Å². The summed E-state index contributed by atoms with van der Waals surface area (Å²) < 4.78 is 0. The monoisotopic (exact) mass is 323 g/mol. The summed E-state index contributed by atoms with van der Waals surface area (Å²) in [5.74, 6) is 0. The molecule has 0 bridgehead atoms. The van der Waals surface area contributed by atoms with Crippen molar-refractivity contribution in [3.05, 3.63) is 103 Å². The van der Waals surface area contributed by atoms with Gasteiger partial charge in [0.25, 0.3) is 0 Å². The van der Waals surface area contributed by atoms with E-state index in [0.717, 1.165) is 5.69 Å². The molecule has 25 heavy (non-hydrogen) atoms. The summed E-state index contributed by atoms with van der Waals surface area (Å²) in [6.45, 7) is 2.22. The molecular weight excluding hydrogens is 302 g/mol. The van der Waals surface area contributed by atoms with Crippen molar-refractivity contribution in [2.75, 3.05) is 5.32 Å². The molecule has 0 amide bonds. The zero-order valence-electron chi connectivity index (χ0n) is 14.3. The molecule has 4 rings (SSSR count). The molecular formula is C24H21N. The highest BCUT2D eigenvalue weighted by Gasteiger charge is 2.09. The smallest absolute Gasteiger partial charge is 0.0491 e. The third kappa shape index (κ3) is 3.27. The first kappa shape index (κ1) is 15.5. The average molecular weight is 323 g/mol. The highest BCUT2D eigenvalue weighted by atomic mass is 14.9. The lowest BCUT2D eigenvalue weighted by atomic mass is 9.99.